The van der Waals surface area contributed by atoms with Gasteiger partial charge in [0, 0.05) is 18.7 Å². The summed E-state index contributed by atoms with van der Waals surface area (Å²) in [6, 6.07) is 16.8. The molecule has 6 heteroatoms. The number of nitrogens with two attached hydrogens (primary N) is 1. The first-order chi connectivity index (χ1) is 13.6. The number of aryl methyl sites for hydroxylation is 1. The van der Waals surface area contributed by atoms with Gasteiger partial charge in [-0.3, -0.25) is 9.59 Å². The Morgan fingerprint density at radius 2 is 1.69 bits per heavy atom. The van der Waals surface area contributed by atoms with Gasteiger partial charge in [0.15, 0.2) is 0 Å². The average Bonchev–Trinajstić information content (AvgIpc) is 2.74. The van der Waals surface area contributed by atoms with Crippen molar-refractivity contribution >= 4 is 24.2 Å². The lowest BCUT2D eigenvalue weighted by atomic mass is 9.96. The first-order valence-electron chi connectivity index (χ1n) is 9.97. The van der Waals surface area contributed by atoms with Crippen molar-refractivity contribution in [2.24, 2.45) is 11.7 Å². The topological polar surface area (TPSA) is 75.4 Å². The minimum atomic E-state index is -0.352. The summed E-state index contributed by atoms with van der Waals surface area (Å²) < 4.78 is 0. The van der Waals surface area contributed by atoms with E-state index in [4.69, 9.17) is 5.73 Å². The third kappa shape index (κ3) is 6.31. The Balaban J connectivity index is 0.00000300. The SMILES string of the molecule is Cc1ccc(C(=O)NC(CC(=O)N2CCC(CN)CC2)c2ccccc2)cc1.Cl. The van der Waals surface area contributed by atoms with Crippen molar-refractivity contribution in [1.82, 2.24) is 10.2 Å². The van der Waals surface area contributed by atoms with Crippen molar-refractivity contribution in [3.63, 3.8) is 0 Å². The van der Waals surface area contributed by atoms with Gasteiger partial charge in [-0.25, -0.2) is 0 Å². The molecule has 0 aromatic heterocycles. The van der Waals surface area contributed by atoms with Gasteiger partial charge < -0.3 is 16.0 Å². The van der Waals surface area contributed by atoms with E-state index in [2.05, 4.69) is 5.32 Å². The molecule has 0 radical (unpaired) electrons. The first-order valence-corrected chi connectivity index (χ1v) is 9.97. The van der Waals surface area contributed by atoms with Gasteiger partial charge in [0.05, 0.1) is 12.5 Å². The van der Waals surface area contributed by atoms with Crippen LogP contribution >= 0.6 is 12.4 Å². The molecular formula is C23H30ClN3O2. The van der Waals surface area contributed by atoms with Gasteiger partial charge in [0.25, 0.3) is 5.91 Å². The summed E-state index contributed by atoms with van der Waals surface area (Å²) in [6.45, 7) is 4.16. The molecule has 0 spiro atoms. The number of hydrogen-bond donors (Lipinski definition) is 2. The number of halogens is 1. The van der Waals surface area contributed by atoms with E-state index in [1.54, 1.807) is 0 Å². The smallest absolute Gasteiger partial charge is 0.251 e. The van der Waals surface area contributed by atoms with E-state index in [9.17, 15) is 9.59 Å². The number of rotatable bonds is 6. The van der Waals surface area contributed by atoms with Crippen molar-refractivity contribution in [2.75, 3.05) is 19.6 Å². The molecule has 2 aromatic carbocycles. The molecule has 1 unspecified atom stereocenters. The molecule has 2 amide bonds. The van der Waals surface area contributed by atoms with E-state index < -0.39 is 0 Å². The van der Waals surface area contributed by atoms with Gasteiger partial charge in [0.1, 0.15) is 0 Å². The summed E-state index contributed by atoms with van der Waals surface area (Å²) in [5.41, 5.74) is 8.39. The van der Waals surface area contributed by atoms with Crippen LogP contribution in [0.3, 0.4) is 0 Å². The third-order valence-corrected chi connectivity index (χ3v) is 5.50. The summed E-state index contributed by atoms with van der Waals surface area (Å²) in [5.74, 6) is 0.423. The van der Waals surface area contributed by atoms with Crippen molar-refractivity contribution in [3.8, 4) is 0 Å². The fourth-order valence-corrected chi connectivity index (χ4v) is 3.61. The van der Waals surface area contributed by atoms with Gasteiger partial charge in [-0.2, -0.15) is 0 Å². The Hall–Kier alpha value is -2.37. The van der Waals surface area contributed by atoms with Gasteiger partial charge in [-0.05, 0) is 49.9 Å². The fourth-order valence-electron chi connectivity index (χ4n) is 3.61. The monoisotopic (exact) mass is 415 g/mol. The molecule has 156 valence electrons. The predicted octanol–water partition coefficient (Wildman–Crippen LogP) is 3.48. The number of likely N-dealkylation sites (tertiary alicyclic amines) is 1. The summed E-state index contributed by atoms with van der Waals surface area (Å²) in [4.78, 5) is 27.5. The van der Waals surface area contributed by atoms with Crippen LogP contribution < -0.4 is 11.1 Å². The van der Waals surface area contributed by atoms with Crippen LogP contribution in [-0.4, -0.2) is 36.3 Å². The van der Waals surface area contributed by atoms with Gasteiger partial charge in [0.2, 0.25) is 5.91 Å². The molecule has 0 bridgehead atoms. The van der Waals surface area contributed by atoms with E-state index in [1.807, 2.05) is 66.4 Å². The summed E-state index contributed by atoms with van der Waals surface area (Å²) in [5, 5.41) is 3.05. The molecule has 5 nitrogen and oxygen atoms in total. The zero-order valence-electron chi connectivity index (χ0n) is 16.8. The molecule has 1 heterocycles. The van der Waals surface area contributed by atoms with Crippen molar-refractivity contribution in [2.45, 2.75) is 32.2 Å². The highest BCUT2D eigenvalue weighted by atomic mass is 35.5. The molecule has 0 saturated carbocycles. The molecule has 1 aliphatic rings. The number of piperidine rings is 1. The second-order valence-electron chi connectivity index (χ2n) is 7.57. The van der Waals surface area contributed by atoms with Gasteiger partial charge in [-0.1, -0.05) is 48.0 Å². The lowest BCUT2D eigenvalue weighted by molar-refractivity contribution is -0.133. The van der Waals surface area contributed by atoms with Crippen molar-refractivity contribution in [3.05, 3.63) is 71.3 Å². The number of carbonyl (C=O) groups excluding carboxylic acids is 2. The van der Waals surface area contributed by atoms with E-state index in [0.717, 1.165) is 37.1 Å². The first kappa shape index (κ1) is 22.9. The van der Waals surface area contributed by atoms with Crippen molar-refractivity contribution in [1.29, 1.82) is 0 Å². The van der Waals surface area contributed by atoms with E-state index >= 15 is 0 Å². The number of nitrogens with one attached hydrogen (secondary N) is 1. The van der Waals surface area contributed by atoms with Crippen LogP contribution in [0.2, 0.25) is 0 Å². The maximum absolute atomic E-state index is 12.9. The summed E-state index contributed by atoms with van der Waals surface area (Å²) >= 11 is 0. The Kier molecular flexibility index (Phi) is 8.68. The zero-order valence-corrected chi connectivity index (χ0v) is 17.7. The van der Waals surface area contributed by atoms with Crippen molar-refractivity contribution < 1.29 is 9.59 Å². The van der Waals surface area contributed by atoms with Crippen LogP contribution in [0.25, 0.3) is 0 Å². The van der Waals surface area contributed by atoms with Crippen LogP contribution in [-0.2, 0) is 4.79 Å². The predicted molar refractivity (Wildman–Crippen MR) is 118 cm³/mol. The zero-order chi connectivity index (χ0) is 19.9. The second-order valence-corrected chi connectivity index (χ2v) is 7.57. The number of carbonyl (C=O) groups is 2. The highest BCUT2D eigenvalue weighted by Crippen LogP contribution is 2.22. The standard InChI is InChI=1S/C23H29N3O2.ClH/c1-17-7-9-20(10-8-17)23(28)25-21(19-5-3-2-4-6-19)15-22(27)26-13-11-18(16-24)12-14-26;/h2-10,18,21H,11-16,24H2,1H3,(H,25,28);1H. The molecule has 29 heavy (non-hydrogen) atoms. The third-order valence-electron chi connectivity index (χ3n) is 5.50. The second kappa shape index (κ2) is 11.0. The molecule has 1 fully saturated rings. The number of nitrogens with zero attached hydrogens (tertiary/aromatic N) is 1. The highest BCUT2D eigenvalue weighted by Gasteiger charge is 2.26. The number of amides is 2. The maximum atomic E-state index is 12.9. The minimum Gasteiger partial charge on any atom is -0.345 e. The Labute approximate surface area is 179 Å². The minimum absolute atomic E-state index is 0. The molecule has 1 atom stereocenters. The van der Waals surface area contributed by atoms with Crippen LogP contribution in [0, 0.1) is 12.8 Å². The molecule has 3 rings (SSSR count). The number of hydrogen-bond acceptors (Lipinski definition) is 3. The molecule has 3 N–H and O–H groups in total. The normalized spacial score (nSPS) is 15.3. The van der Waals surface area contributed by atoms with Gasteiger partial charge >= 0.3 is 0 Å². The Bertz CT molecular complexity index is 788. The molecule has 1 saturated heterocycles. The van der Waals surface area contributed by atoms with E-state index in [-0.39, 0.29) is 36.7 Å². The molecular weight excluding hydrogens is 386 g/mol. The van der Waals surface area contributed by atoms with Crippen LogP contribution in [0.1, 0.15) is 46.8 Å². The maximum Gasteiger partial charge on any atom is 0.251 e. The molecule has 0 aliphatic carbocycles. The molecule has 2 aromatic rings. The van der Waals surface area contributed by atoms with Crippen LogP contribution in [0.4, 0.5) is 0 Å². The largest absolute Gasteiger partial charge is 0.345 e. The quantitative estimate of drug-likeness (QED) is 0.758. The fraction of sp³-hybridized carbons (Fsp3) is 0.391. The lowest BCUT2D eigenvalue weighted by Gasteiger charge is -2.32. The summed E-state index contributed by atoms with van der Waals surface area (Å²) in [7, 11) is 0. The lowest BCUT2D eigenvalue weighted by Crippen LogP contribution is -2.42. The molecule has 1 aliphatic heterocycles. The highest BCUT2D eigenvalue weighted by molar-refractivity contribution is 5.94. The van der Waals surface area contributed by atoms with Crippen LogP contribution in [0.5, 0.6) is 0 Å². The summed E-state index contributed by atoms with van der Waals surface area (Å²) in [6.07, 6.45) is 2.16. The van der Waals surface area contributed by atoms with Gasteiger partial charge in [-0.15, -0.1) is 12.4 Å². The number of benzene rings is 2. The Morgan fingerprint density at radius 1 is 1.07 bits per heavy atom. The Morgan fingerprint density at radius 3 is 2.28 bits per heavy atom. The average molecular weight is 416 g/mol. The van der Waals surface area contributed by atoms with E-state index in [0.29, 0.717) is 18.0 Å². The van der Waals surface area contributed by atoms with E-state index in [1.165, 1.54) is 0 Å². The van der Waals surface area contributed by atoms with Crippen LogP contribution in [0.15, 0.2) is 54.6 Å².